The maximum Gasteiger partial charge on any atom is 0.288 e. The number of carbonyl (C=O) groups is 1. The Balaban J connectivity index is 2.50. The van der Waals surface area contributed by atoms with Gasteiger partial charge in [-0.2, -0.15) is 0 Å². The lowest BCUT2D eigenvalue weighted by atomic mass is 10.1. The van der Waals surface area contributed by atoms with Crippen molar-refractivity contribution in [2.75, 3.05) is 24.7 Å². The fourth-order valence-electron chi connectivity index (χ4n) is 2.56. The van der Waals surface area contributed by atoms with E-state index in [0.29, 0.717) is 12.8 Å². The summed E-state index contributed by atoms with van der Waals surface area (Å²) in [5.41, 5.74) is -1.10. The van der Waals surface area contributed by atoms with E-state index in [-0.39, 0.29) is 34.4 Å². The molecule has 28 heavy (non-hydrogen) atoms. The molecule has 0 spiro atoms. The molecule has 2 rings (SSSR count). The van der Waals surface area contributed by atoms with Gasteiger partial charge < -0.3 is 20.6 Å². The number of phenolic OH excluding ortho intramolecular Hbond substituents is 1. The van der Waals surface area contributed by atoms with E-state index in [1.165, 1.54) is 17.0 Å². The maximum absolute atomic E-state index is 12.3. The maximum atomic E-state index is 12.3. The average Bonchev–Trinajstić information content (AvgIpc) is 2.67. The van der Waals surface area contributed by atoms with Gasteiger partial charge in [-0.1, -0.05) is 13.0 Å². The summed E-state index contributed by atoms with van der Waals surface area (Å²) in [4.78, 5) is 38.1. The summed E-state index contributed by atoms with van der Waals surface area (Å²) in [5, 5.41) is 20.7. The molecule has 0 fully saturated rings. The first-order valence-electron chi connectivity index (χ1n) is 8.65. The van der Waals surface area contributed by atoms with Crippen molar-refractivity contribution in [3.8, 4) is 18.1 Å². The number of carbonyl (C=O) groups excluding carboxylic acids is 1. The average molecular weight is 385 g/mol. The molecule has 148 valence electrons. The Morgan fingerprint density at radius 2 is 1.89 bits per heavy atom. The summed E-state index contributed by atoms with van der Waals surface area (Å²) in [6.07, 6.45) is 6.34. The van der Waals surface area contributed by atoms with Crippen LogP contribution in [0.1, 0.15) is 30.1 Å². The fraction of sp³-hybridized carbons (Fsp3) is 0.316. The molecule has 0 saturated heterocycles. The summed E-state index contributed by atoms with van der Waals surface area (Å²) < 4.78 is 0. The van der Waals surface area contributed by atoms with Crippen molar-refractivity contribution >= 4 is 23.0 Å². The van der Waals surface area contributed by atoms with Crippen LogP contribution in [0.5, 0.6) is 5.75 Å². The molecule has 0 aliphatic rings. The third kappa shape index (κ3) is 4.35. The first-order valence-corrected chi connectivity index (χ1v) is 8.65. The Hall–Kier alpha value is -3.67. The third-order valence-electron chi connectivity index (χ3n) is 4.13. The van der Waals surface area contributed by atoms with Crippen LogP contribution in [0.3, 0.4) is 0 Å². The van der Waals surface area contributed by atoms with Crippen molar-refractivity contribution in [1.82, 2.24) is 15.1 Å². The number of aromatic hydroxyl groups is 1. The molecule has 0 radical (unpaired) electrons. The molecule has 1 unspecified atom stereocenters. The molecule has 0 bridgehead atoms. The minimum Gasteiger partial charge on any atom is -0.505 e. The Kier molecular flexibility index (Phi) is 6.50. The summed E-state index contributed by atoms with van der Waals surface area (Å²) in [7, 11) is 3.11. The molecular formula is C19H23N5O4. The van der Waals surface area contributed by atoms with Crippen molar-refractivity contribution < 1.29 is 9.90 Å². The standard InChI is InChI=1S/C19H23N5O4/c1-5-8-11(6-2)20-14-15(18(27)23-22-17(14)26)21-13-10-7-9-12(16(13)25)19(28)24(3)4/h1,7,9-11,25H,6,8H2,2-4H3,(H2,20,23,27)(H2,21,22,26). The quantitative estimate of drug-likeness (QED) is 0.362. The van der Waals surface area contributed by atoms with E-state index in [9.17, 15) is 19.5 Å². The molecule has 5 N–H and O–H groups in total. The van der Waals surface area contributed by atoms with Gasteiger partial charge in [0.15, 0.2) is 5.75 Å². The number of hydrogen-bond acceptors (Lipinski definition) is 6. The van der Waals surface area contributed by atoms with Crippen LogP contribution < -0.4 is 21.8 Å². The zero-order chi connectivity index (χ0) is 20.8. The molecule has 0 aliphatic heterocycles. The fourth-order valence-corrected chi connectivity index (χ4v) is 2.56. The molecule has 1 amide bonds. The highest BCUT2D eigenvalue weighted by Gasteiger charge is 2.20. The Morgan fingerprint density at radius 3 is 2.46 bits per heavy atom. The molecular weight excluding hydrogens is 362 g/mol. The monoisotopic (exact) mass is 385 g/mol. The molecule has 2 aromatic rings. The summed E-state index contributed by atoms with van der Waals surface area (Å²) in [6.45, 7) is 1.89. The number of terminal acetylenes is 1. The second kappa shape index (κ2) is 8.81. The molecule has 9 heteroatoms. The van der Waals surface area contributed by atoms with Crippen molar-refractivity contribution in [1.29, 1.82) is 0 Å². The van der Waals surface area contributed by atoms with Crippen LogP contribution in [0.15, 0.2) is 27.8 Å². The Bertz CT molecular complexity index is 1020. The van der Waals surface area contributed by atoms with Crippen LogP contribution in [0.2, 0.25) is 0 Å². The number of aromatic amines is 2. The first kappa shape index (κ1) is 20.6. The Labute approximate surface area is 161 Å². The highest BCUT2D eigenvalue weighted by atomic mass is 16.3. The van der Waals surface area contributed by atoms with Gasteiger partial charge in [0.1, 0.15) is 11.4 Å². The van der Waals surface area contributed by atoms with Crippen molar-refractivity contribution in [2.24, 2.45) is 0 Å². The van der Waals surface area contributed by atoms with Crippen molar-refractivity contribution in [3.63, 3.8) is 0 Å². The SMILES string of the molecule is C#CCC(CC)Nc1c(Nc2cccc(C(=O)N(C)C)c2O)c(=O)[nH][nH]c1=O. The van der Waals surface area contributed by atoms with Crippen molar-refractivity contribution in [2.45, 2.75) is 25.8 Å². The van der Waals surface area contributed by atoms with Crippen LogP contribution in [0.4, 0.5) is 17.1 Å². The number of amides is 1. The number of nitrogens with zero attached hydrogens (tertiary/aromatic N) is 1. The number of hydrogen-bond donors (Lipinski definition) is 5. The summed E-state index contributed by atoms with van der Waals surface area (Å²) in [5.74, 6) is 1.78. The molecule has 0 aliphatic carbocycles. The van der Waals surface area contributed by atoms with Gasteiger partial charge in [0.2, 0.25) is 0 Å². The normalized spacial score (nSPS) is 11.4. The van der Waals surface area contributed by atoms with Crippen LogP contribution >= 0.6 is 0 Å². The predicted octanol–water partition coefficient (Wildman–Crippen LogP) is 1.43. The molecule has 9 nitrogen and oxygen atoms in total. The lowest BCUT2D eigenvalue weighted by molar-refractivity contribution is 0.0824. The molecule has 1 aromatic carbocycles. The van der Waals surface area contributed by atoms with Gasteiger partial charge in [-0.3, -0.25) is 24.6 Å². The minimum atomic E-state index is -0.610. The first-order chi connectivity index (χ1) is 13.3. The van der Waals surface area contributed by atoms with Crippen LogP contribution in [-0.4, -0.2) is 46.2 Å². The third-order valence-corrected chi connectivity index (χ3v) is 4.13. The number of anilines is 3. The van der Waals surface area contributed by atoms with Gasteiger partial charge in [-0.25, -0.2) is 0 Å². The van der Waals surface area contributed by atoms with E-state index >= 15 is 0 Å². The Morgan fingerprint density at radius 1 is 1.25 bits per heavy atom. The number of aromatic nitrogens is 2. The topological polar surface area (TPSA) is 130 Å². The van der Waals surface area contributed by atoms with E-state index in [2.05, 4.69) is 26.8 Å². The smallest absolute Gasteiger partial charge is 0.288 e. The minimum absolute atomic E-state index is 0.00501. The summed E-state index contributed by atoms with van der Waals surface area (Å²) in [6, 6.07) is 4.29. The number of benzene rings is 1. The highest BCUT2D eigenvalue weighted by molar-refractivity contribution is 5.98. The number of H-pyrrole nitrogens is 2. The molecule has 0 saturated carbocycles. The predicted molar refractivity (Wildman–Crippen MR) is 108 cm³/mol. The number of rotatable bonds is 7. The molecule has 1 atom stereocenters. The van der Waals surface area contributed by atoms with Gasteiger partial charge in [0.25, 0.3) is 17.0 Å². The zero-order valence-corrected chi connectivity index (χ0v) is 15.9. The van der Waals surface area contributed by atoms with Gasteiger partial charge in [0.05, 0.1) is 11.3 Å². The van der Waals surface area contributed by atoms with Crippen LogP contribution in [-0.2, 0) is 0 Å². The second-order valence-electron chi connectivity index (χ2n) is 6.34. The summed E-state index contributed by atoms with van der Waals surface area (Å²) >= 11 is 0. The number of phenols is 1. The second-order valence-corrected chi connectivity index (χ2v) is 6.34. The molecule has 1 heterocycles. The highest BCUT2D eigenvalue weighted by Crippen LogP contribution is 2.31. The van der Waals surface area contributed by atoms with E-state index in [1.54, 1.807) is 20.2 Å². The number of para-hydroxylation sites is 1. The van der Waals surface area contributed by atoms with E-state index in [1.807, 2.05) is 6.92 Å². The van der Waals surface area contributed by atoms with Crippen LogP contribution in [0, 0.1) is 12.3 Å². The molecule has 1 aromatic heterocycles. The van der Waals surface area contributed by atoms with Gasteiger partial charge in [0, 0.05) is 26.6 Å². The van der Waals surface area contributed by atoms with Crippen LogP contribution in [0.25, 0.3) is 0 Å². The van der Waals surface area contributed by atoms with E-state index in [4.69, 9.17) is 6.42 Å². The van der Waals surface area contributed by atoms with Crippen molar-refractivity contribution in [3.05, 3.63) is 44.5 Å². The zero-order valence-electron chi connectivity index (χ0n) is 15.9. The van der Waals surface area contributed by atoms with Gasteiger partial charge in [-0.05, 0) is 18.6 Å². The lowest BCUT2D eigenvalue weighted by Gasteiger charge is -2.19. The lowest BCUT2D eigenvalue weighted by Crippen LogP contribution is -2.30. The largest absolute Gasteiger partial charge is 0.505 e. The van der Waals surface area contributed by atoms with E-state index < -0.39 is 17.0 Å². The van der Waals surface area contributed by atoms with E-state index in [0.717, 1.165) is 0 Å². The van der Waals surface area contributed by atoms with Gasteiger partial charge >= 0.3 is 0 Å². The number of nitrogens with one attached hydrogen (secondary N) is 4. The van der Waals surface area contributed by atoms with Gasteiger partial charge in [-0.15, -0.1) is 12.3 Å².